The van der Waals surface area contributed by atoms with Gasteiger partial charge in [-0.25, -0.2) is 12.7 Å². The maximum absolute atomic E-state index is 11.4. The summed E-state index contributed by atoms with van der Waals surface area (Å²) >= 11 is 0. The second-order valence-corrected chi connectivity index (χ2v) is 6.10. The van der Waals surface area contributed by atoms with Gasteiger partial charge in [-0.05, 0) is 24.7 Å². The molecule has 1 atom stereocenters. The lowest BCUT2D eigenvalue weighted by Crippen LogP contribution is -2.28. The van der Waals surface area contributed by atoms with Crippen molar-refractivity contribution in [3.8, 4) is 0 Å². The van der Waals surface area contributed by atoms with Crippen molar-refractivity contribution in [2.45, 2.75) is 19.8 Å². The highest BCUT2D eigenvalue weighted by Crippen LogP contribution is 2.37. The van der Waals surface area contributed by atoms with Crippen LogP contribution in [0.15, 0.2) is 0 Å². The van der Waals surface area contributed by atoms with Crippen molar-refractivity contribution >= 4 is 10.0 Å². The zero-order chi connectivity index (χ0) is 9.35. The molecule has 72 valence electrons. The first-order valence-corrected chi connectivity index (χ1v) is 5.94. The predicted octanol–water partition coefficient (Wildman–Crippen LogP) is 0.924. The summed E-state index contributed by atoms with van der Waals surface area (Å²) in [5, 5.41) is 0. The first kappa shape index (κ1) is 9.99. The third kappa shape index (κ3) is 2.45. The molecular weight excluding hydrogens is 174 g/mol. The Kier molecular flexibility index (Phi) is 2.78. The molecule has 0 saturated heterocycles. The number of sulfonamides is 1. The fourth-order valence-electron chi connectivity index (χ4n) is 1.28. The molecule has 0 N–H and O–H groups in total. The molecule has 0 bridgehead atoms. The molecule has 0 aromatic heterocycles. The SMILES string of the molecule is CC(CS(=O)(=O)N(C)C)C1CC1. The highest BCUT2D eigenvalue weighted by atomic mass is 32.2. The van der Waals surface area contributed by atoms with Crippen LogP contribution in [0.4, 0.5) is 0 Å². The number of rotatable bonds is 4. The molecule has 1 aliphatic carbocycles. The number of hydrogen-bond acceptors (Lipinski definition) is 2. The third-order valence-electron chi connectivity index (χ3n) is 2.46. The molecule has 1 fully saturated rings. The minimum atomic E-state index is -2.97. The summed E-state index contributed by atoms with van der Waals surface area (Å²) in [6, 6.07) is 0. The Balaban J connectivity index is 2.48. The van der Waals surface area contributed by atoms with Crippen LogP contribution in [0.3, 0.4) is 0 Å². The fraction of sp³-hybridized carbons (Fsp3) is 1.00. The first-order chi connectivity index (χ1) is 5.43. The summed E-state index contributed by atoms with van der Waals surface area (Å²) < 4.78 is 24.1. The zero-order valence-corrected chi connectivity index (χ0v) is 8.76. The predicted molar refractivity (Wildman–Crippen MR) is 49.4 cm³/mol. The molecule has 0 aromatic rings. The van der Waals surface area contributed by atoms with E-state index in [1.54, 1.807) is 14.1 Å². The first-order valence-electron chi connectivity index (χ1n) is 4.33. The van der Waals surface area contributed by atoms with Crippen LogP contribution in [0.25, 0.3) is 0 Å². The minimum Gasteiger partial charge on any atom is -0.212 e. The monoisotopic (exact) mass is 191 g/mol. The summed E-state index contributed by atoms with van der Waals surface area (Å²) in [4.78, 5) is 0. The second-order valence-electron chi connectivity index (χ2n) is 3.88. The Morgan fingerprint density at radius 3 is 2.25 bits per heavy atom. The smallest absolute Gasteiger partial charge is 0.212 e. The molecule has 1 unspecified atom stereocenters. The quantitative estimate of drug-likeness (QED) is 0.662. The molecule has 0 radical (unpaired) electrons. The van der Waals surface area contributed by atoms with Gasteiger partial charge >= 0.3 is 0 Å². The second kappa shape index (κ2) is 3.34. The van der Waals surface area contributed by atoms with Gasteiger partial charge < -0.3 is 0 Å². The van der Waals surface area contributed by atoms with E-state index in [0.29, 0.717) is 17.6 Å². The van der Waals surface area contributed by atoms with Crippen molar-refractivity contribution in [1.82, 2.24) is 4.31 Å². The normalized spacial score (nSPS) is 21.3. The maximum atomic E-state index is 11.4. The van der Waals surface area contributed by atoms with Crippen LogP contribution >= 0.6 is 0 Å². The molecule has 3 nitrogen and oxygen atoms in total. The molecule has 0 spiro atoms. The standard InChI is InChI=1S/C8H17NO2S/c1-7(8-4-5-8)6-12(10,11)9(2)3/h7-8H,4-6H2,1-3H3. The van der Waals surface area contributed by atoms with E-state index >= 15 is 0 Å². The maximum Gasteiger partial charge on any atom is 0.213 e. The van der Waals surface area contributed by atoms with Gasteiger partial charge in [0.15, 0.2) is 0 Å². The lowest BCUT2D eigenvalue weighted by atomic mass is 10.1. The molecule has 0 aliphatic heterocycles. The third-order valence-corrected chi connectivity index (χ3v) is 4.52. The lowest BCUT2D eigenvalue weighted by molar-refractivity contribution is 0.489. The Morgan fingerprint density at radius 1 is 1.42 bits per heavy atom. The molecule has 1 saturated carbocycles. The summed E-state index contributed by atoms with van der Waals surface area (Å²) in [7, 11) is 0.215. The van der Waals surface area contributed by atoms with Gasteiger partial charge in [0, 0.05) is 14.1 Å². The van der Waals surface area contributed by atoms with E-state index in [9.17, 15) is 8.42 Å². The average Bonchev–Trinajstić information content (AvgIpc) is 2.65. The van der Waals surface area contributed by atoms with Crippen LogP contribution in [0, 0.1) is 11.8 Å². The van der Waals surface area contributed by atoms with E-state index in [2.05, 4.69) is 0 Å². The summed E-state index contributed by atoms with van der Waals surface area (Å²) in [6.07, 6.45) is 2.42. The van der Waals surface area contributed by atoms with Gasteiger partial charge in [-0.3, -0.25) is 0 Å². The van der Waals surface area contributed by atoms with Crippen LogP contribution in [-0.2, 0) is 10.0 Å². The molecule has 4 heteroatoms. The topological polar surface area (TPSA) is 37.4 Å². The van der Waals surface area contributed by atoms with Crippen LogP contribution in [0.1, 0.15) is 19.8 Å². The van der Waals surface area contributed by atoms with Gasteiger partial charge in [0.1, 0.15) is 0 Å². The van der Waals surface area contributed by atoms with Crippen LogP contribution < -0.4 is 0 Å². The van der Waals surface area contributed by atoms with Gasteiger partial charge in [0.2, 0.25) is 10.0 Å². The molecule has 1 rings (SSSR count). The van der Waals surface area contributed by atoms with Crippen molar-refractivity contribution in [1.29, 1.82) is 0 Å². The van der Waals surface area contributed by atoms with Gasteiger partial charge in [0.05, 0.1) is 5.75 Å². The van der Waals surface area contributed by atoms with E-state index < -0.39 is 10.0 Å². The molecule has 1 aliphatic rings. The van der Waals surface area contributed by atoms with E-state index in [0.717, 1.165) is 0 Å². The summed E-state index contributed by atoms with van der Waals surface area (Å²) in [5.74, 6) is 1.31. The van der Waals surface area contributed by atoms with Crippen molar-refractivity contribution in [2.24, 2.45) is 11.8 Å². The largest absolute Gasteiger partial charge is 0.213 e. The van der Waals surface area contributed by atoms with Crippen LogP contribution in [-0.4, -0.2) is 32.6 Å². The summed E-state index contributed by atoms with van der Waals surface area (Å²) in [5.41, 5.74) is 0. The Morgan fingerprint density at radius 2 is 1.92 bits per heavy atom. The van der Waals surface area contributed by atoms with E-state index in [1.807, 2.05) is 6.92 Å². The molecular formula is C8H17NO2S. The van der Waals surface area contributed by atoms with Crippen molar-refractivity contribution in [3.63, 3.8) is 0 Å². The lowest BCUT2D eigenvalue weighted by Gasteiger charge is -2.15. The van der Waals surface area contributed by atoms with Gasteiger partial charge in [0.25, 0.3) is 0 Å². The highest BCUT2D eigenvalue weighted by molar-refractivity contribution is 7.89. The van der Waals surface area contributed by atoms with Gasteiger partial charge in [-0.15, -0.1) is 0 Å². The average molecular weight is 191 g/mol. The number of hydrogen-bond donors (Lipinski definition) is 0. The Hall–Kier alpha value is -0.0900. The van der Waals surface area contributed by atoms with E-state index in [1.165, 1.54) is 17.1 Å². The van der Waals surface area contributed by atoms with Crippen molar-refractivity contribution in [2.75, 3.05) is 19.8 Å². The Labute approximate surface area is 74.8 Å². The molecule has 12 heavy (non-hydrogen) atoms. The van der Waals surface area contributed by atoms with Gasteiger partial charge in [-0.1, -0.05) is 6.92 Å². The molecule has 0 amide bonds. The summed E-state index contributed by atoms with van der Waals surface area (Å²) in [6.45, 7) is 2.03. The van der Waals surface area contributed by atoms with Crippen molar-refractivity contribution in [3.05, 3.63) is 0 Å². The molecule has 0 heterocycles. The van der Waals surface area contributed by atoms with Crippen molar-refractivity contribution < 1.29 is 8.42 Å². The van der Waals surface area contributed by atoms with E-state index in [-0.39, 0.29) is 0 Å². The highest BCUT2D eigenvalue weighted by Gasteiger charge is 2.31. The van der Waals surface area contributed by atoms with Crippen LogP contribution in [0.5, 0.6) is 0 Å². The number of nitrogens with zero attached hydrogens (tertiary/aromatic N) is 1. The molecule has 0 aromatic carbocycles. The minimum absolute atomic E-state index is 0.310. The fourth-order valence-corrected chi connectivity index (χ4v) is 2.52. The Bertz CT molecular complexity index is 242. The van der Waals surface area contributed by atoms with Crippen LogP contribution in [0.2, 0.25) is 0 Å². The zero-order valence-electron chi connectivity index (χ0n) is 7.95. The van der Waals surface area contributed by atoms with E-state index in [4.69, 9.17) is 0 Å². The van der Waals surface area contributed by atoms with Gasteiger partial charge in [-0.2, -0.15) is 0 Å².